The van der Waals surface area contributed by atoms with Crippen molar-refractivity contribution >= 4 is 5.91 Å². The van der Waals surface area contributed by atoms with Gasteiger partial charge in [-0.15, -0.1) is 0 Å². The van der Waals surface area contributed by atoms with E-state index in [1.54, 1.807) is 11.0 Å². The Kier molecular flexibility index (Phi) is 3.63. The Morgan fingerprint density at radius 3 is 2.85 bits per heavy atom. The molecule has 8 heteroatoms. The van der Waals surface area contributed by atoms with E-state index in [0.717, 1.165) is 24.1 Å². The van der Waals surface area contributed by atoms with E-state index in [9.17, 15) is 4.79 Å². The number of benzene rings is 1. The van der Waals surface area contributed by atoms with Crippen molar-refractivity contribution in [2.45, 2.75) is 25.8 Å². The molecule has 1 fully saturated rings. The van der Waals surface area contributed by atoms with Gasteiger partial charge in [0.2, 0.25) is 6.79 Å². The number of amides is 1. The third-order valence-corrected chi connectivity index (χ3v) is 4.87. The zero-order valence-corrected chi connectivity index (χ0v) is 14.7. The monoisotopic (exact) mass is 367 g/mol. The first-order valence-corrected chi connectivity index (χ1v) is 8.80. The quantitative estimate of drug-likeness (QED) is 0.701. The second-order valence-corrected chi connectivity index (χ2v) is 6.67. The summed E-state index contributed by atoms with van der Waals surface area (Å²) in [5, 5.41) is 7.91. The highest BCUT2D eigenvalue weighted by Gasteiger charge is 2.34. The van der Waals surface area contributed by atoms with Crippen molar-refractivity contribution < 1.29 is 23.3 Å². The number of aryl methyl sites for hydroxylation is 1. The number of rotatable bonds is 3. The molecule has 0 unspecified atom stereocenters. The summed E-state index contributed by atoms with van der Waals surface area (Å²) in [5.74, 6) is 2.37. The summed E-state index contributed by atoms with van der Waals surface area (Å²) in [6, 6.07) is 8.87. The summed E-state index contributed by atoms with van der Waals surface area (Å²) in [5.41, 5.74) is 1.84. The van der Waals surface area contributed by atoms with Gasteiger partial charge < -0.3 is 23.4 Å². The fourth-order valence-corrected chi connectivity index (χ4v) is 3.55. The number of nitrogens with zero attached hydrogens (tertiary/aromatic N) is 3. The fraction of sp³-hybridized carbons (Fsp3) is 0.316. The van der Waals surface area contributed by atoms with Crippen LogP contribution in [0.1, 0.15) is 40.8 Å². The topological polar surface area (TPSA) is 90.8 Å². The maximum Gasteiger partial charge on any atom is 0.276 e. The van der Waals surface area contributed by atoms with Gasteiger partial charge in [-0.25, -0.2) is 0 Å². The number of ether oxygens (including phenoxy) is 2. The van der Waals surface area contributed by atoms with E-state index in [0.29, 0.717) is 29.6 Å². The molecular weight excluding hydrogens is 350 g/mol. The Bertz CT molecular complexity index is 1010. The minimum absolute atomic E-state index is 0.121. The van der Waals surface area contributed by atoms with Gasteiger partial charge in [-0.2, -0.15) is 0 Å². The van der Waals surface area contributed by atoms with Crippen LogP contribution in [0.15, 0.2) is 39.4 Å². The molecule has 4 heterocycles. The Hall–Kier alpha value is -3.29. The number of carbonyl (C=O) groups excluding carboxylic acids is 1. The molecule has 0 saturated carbocycles. The lowest BCUT2D eigenvalue weighted by molar-refractivity contribution is 0.0704. The summed E-state index contributed by atoms with van der Waals surface area (Å²) in [4.78, 5) is 14.7. The highest BCUT2D eigenvalue weighted by atomic mass is 16.7. The van der Waals surface area contributed by atoms with Crippen molar-refractivity contribution in [1.29, 1.82) is 0 Å². The number of aromatic nitrogens is 2. The van der Waals surface area contributed by atoms with Crippen LogP contribution in [-0.2, 0) is 0 Å². The summed E-state index contributed by atoms with van der Waals surface area (Å²) in [7, 11) is 0. The first-order chi connectivity index (χ1) is 13.2. The van der Waals surface area contributed by atoms with Crippen LogP contribution in [0.3, 0.4) is 0 Å². The molecule has 0 aliphatic carbocycles. The smallest absolute Gasteiger partial charge is 0.276 e. The molecule has 3 aromatic rings. The van der Waals surface area contributed by atoms with Gasteiger partial charge in [-0.1, -0.05) is 10.3 Å². The lowest BCUT2D eigenvalue weighted by Gasteiger charge is -2.21. The zero-order valence-electron chi connectivity index (χ0n) is 14.7. The summed E-state index contributed by atoms with van der Waals surface area (Å²) >= 11 is 0. The molecule has 5 rings (SSSR count). The molecule has 1 amide bonds. The van der Waals surface area contributed by atoms with E-state index >= 15 is 0 Å². The third-order valence-electron chi connectivity index (χ3n) is 4.87. The maximum absolute atomic E-state index is 13.0. The molecule has 2 aliphatic heterocycles. The van der Waals surface area contributed by atoms with Crippen molar-refractivity contribution in [2.75, 3.05) is 13.3 Å². The van der Waals surface area contributed by atoms with Crippen molar-refractivity contribution in [3.63, 3.8) is 0 Å². The van der Waals surface area contributed by atoms with E-state index in [1.165, 1.54) is 0 Å². The third kappa shape index (κ3) is 2.73. The van der Waals surface area contributed by atoms with Crippen molar-refractivity contribution in [1.82, 2.24) is 15.2 Å². The molecule has 1 aromatic carbocycles. The van der Waals surface area contributed by atoms with E-state index < -0.39 is 0 Å². The molecular formula is C19H17N3O5. The van der Waals surface area contributed by atoms with Crippen LogP contribution in [0.2, 0.25) is 0 Å². The minimum atomic E-state index is -0.178. The molecule has 8 nitrogen and oxygen atoms in total. The minimum Gasteiger partial charge on any atom is -0.454 e. The molecule has 0 bridgehead atoms. The second kappa shape index (κ2) is 6.15. The number of fused-ring (bicyclic) bond motifs is 1. The van der Waals surface area contributed by atoms with Crippen LogP contribution >= 0.6 is 0 Å². The molecule has 2 aromatic heterocycles. The first-order valence-electron chi connectivity index (χ1n) is 8.80. The Morgan fingerprint density at radius 2 is 2.00 bits per heavy atom. The van der Waals surface area contributed by atoms with E-state index in [2.05, 4.69) is 10.3 Å². The number of hydrogen-bond acceptors (Lipinski definition) is 7. The summed E-state index contributed by atoms with van der Waals surface area (Å²) < 4.78 is 21.5. The predicted molar refractivity (Wildman–Crippen MR) is 92.3 cm³/mol. The molecule has 0 radical (unpaired) electrons. The van der Waals surface area contributed by atoms with Crippen molar-refractivity contribution in [3.05, 3.63) is 47.5 Å². The SMILES string of the molecule is Cc1cc([C@@H]2CCCN2C(=O)c2cc(-c3ccc4c(c3)OCO4)on2)on1. The molecule has 0 spiro atoms. The van der Waals surface area contributed by atoms with Crippen molar-refractivity contribution in [3.8, 4) is 22.8 Å². The normalized spacial score (nSPS) is 18.3. The molecule has 1 saturated heterocycles. The van der Waals surface area contributed by atoms with Gasteiger partial charge in [-0.05, 0) is 38.0 Å². The van der Waals surface area contributed by atoms with Gasteiger partial charge in [0.1, 0.15) is 0 Å². The van der Waals surface area contributed by atoms with Crippen LogP contribution in [-0.4, -0.2) is 34.5 Å². The summed E-state index contributed by atoms with van der Waals surface area (Å²) in [6.07, 6.45) is 1.75. The van der Waals surface area contributed by atoms with Gasteiger partial charge in [0.25, 0.3) is 5.91 Å². The van der Waals surface area contributed by atoms with Crippen LogP contribution in [0.25, 0.3) is 11.3 Å². The van der Waals surface area contributed by atoms with Crippen LogP contribution in [0.5, 0.6) is 11.5 Å². The Balaban J connectivity index is 1.40. The van der Waals surface area contributed by atoms with Crippen LogP contribution < -0.4 is 9.47 Å². The average molecular weight is 367 g/mol. The van der Waals surface area contributed by atoms with Gasteiger partial charge >= 0.3 is 0 Å². The Labute approximate surface area is 154 Å². The number of hydrogen-bond donors (Lipinski definition) is 0. The van der Waals surface area contributed by atoms with Gasteiger partial charge in [-0.3, -0.25) is 4.79 Å². The lowest BCUT2D eigenvalue weighted by atomic mass is 10.1. The zero-order chi connectivity index (χ0) is 18.4. The second-order valence-electron chi connectivity index (χ2n) is 6.67. The molecule has 1 atom stereocenters. The highest BCUT2D eigenvalue weighted by molar-refractivity contribution is 5.93. The van der Waals surface area contributed by atoms with Gasteiger partial charge in [0.15, 0.2) is 28.7 Å². The van der Waals surface area contributed by atoms with E-state index in [1.807, 2.05) is 31.2 Å². The predicted octanol–water partition coefficient (Wildman–Crippen LogP) is 3.34. The lowest BCUT2D eigenvalue weighted by Crippen LogP contribution is -2.30. The number of carbonyl (C=O) groups is 1. The maximum atomic E-state index is 13.0. The van der Waals surface area contributed by atoms with E-state index in [-0.39, 0.29) is 24.4 Å². The average Bonchev–Trinajstić information content (AvgIpc) is 3.45. The van der Waals surface area contributed by atoms with Gasteiger partial charge in [0, 0.05) is 24.2 Å². The molecule has 0 N–H and O–H groups in total. The fourth-order valence-electron chi connectivity index (χ4n) is 3.55. The molecule has 2 aliphatic rings. The van der Waals surface area contributed by atoms with Gasteiger partial charge in [0.05, 0.1) is 11.7 Å². The van der Waals surface area contributed by atoms with Crippen LogP contribution in [0, 0.1) is 6.92 Å². The molecule has 27 heavy (non-hydrogen) atoms. The largest absolute Gasteiger partial charge is 0.454 e. The molecule has 138 valence electrons. The highest BCUT2D eigenvalue weighted by Crippen LogP contribution is 2.37. The number of likely N-dealkylation sites (tertiary alicyclic amines) is 1. The van der Waals surface area contributed by atoms with Crippen LogP contribution in [0.4, 0.5) is 0 Å². The standard InChI is InChI=1S/C19H17N3O5/c1-11-7-17(27-20-11)14-3-2-6-22(14)19(23)13-9-16(26-21-13)12-4-5-15-18(8-12)25-10-24-15/h4-5,7-9,14H,2-3,6,10H2,1H3/t14-/m0/s1. The summed E-state index contributed by atoms with van der Waals surface area (Å²) in [6.45, 7) is 2.72. The van der Waals surface area contributed by atoms with E-state index in [4.69, 9.17) is 18.5 Å². The first kappa shape index (κ1) is 15.9. The Morgan fingerprint density at radius 1 is 1.11 bits per heavy atom. The van der Waals surface area contributed by atoms with Crippen molar-refractivity contribution in [2.24, 2.45) is 0 Å².